The van der Waals surface area contributed by atoms with Crippen LogP contribution >= 0.6 is 0 Å². The average Bonchev–Trinajstić information content (AvgIpc) is 2.41. The van der Waals surface area contributed by atoms with Crippen molar-refractivity contribution in [1.82, 2.24) is 0 Å². The van der Waals surface area contributed by atoms with E-state index < -0.39 is 24.4 Å². The standard InChI is InChI=1S/C7H12O5/c1-11-7-5(3-9)12-4(2-8)6(7)10/h2,4-7,9-10H,3H2,1H3. The van der Waals surface area contributed by atoms with E-state index in [2.05, 4.69) is 0 Å². The second-order valence-corrected chi connectivity index (χ2v) is 2.65. The van der Waals surface area contributed by atoms with E-state index in [0.29, 0.717) is 6.29 Å². The number of hydrogen-bond donors (Lipinski definition) is 2. The van der Waals surface area contributed by atoms with Gasteiger partial charge in [-0.15, -0.1) is 0 Å². The molecule has 1 fully saturated rings. The highest BCUT2D eigenvalue weighted by molar-refractivity contribution is 5.58. The zero-order valence-corrected chi connectivity index (χ0v) is 6.71. The maximum Gasteiger partial charge on any atom is 0.151 e. The number of ether oxygens (including phenoxy) is 2. The molecule has 0 aromatic heterocycles. The van der Waals surface area contributed by atoms with Crippen LogP contribution in [0.5, 0.6) is 0 Å². The monoisotopic (exact) mass is 176 g/mol. The van der Waals surface area contributed by atoms with Crippen molar-refractivity contribution < 1.29 is 24.5 Å². The van der Waals surface area contributed by atoms with E-state index in [9.17, 15) is 9.90 Å². The average molecular weight is 176 g/mol. The van der Waals surface area contributed by atoms with Crippen molar-refractivity contribution in [3.8, 4) is 0 Å². The SMILES string of the molecule is COC1C(CO)OC(C=O)C1O. The molecule has 0 aliphatic carbocycles. The molecular formula is C7H12O5. The summed E-state index contributed by atoms with van der Waals surface area (Å²) in [6.45, 7) is -0.264. The van der Waals surface area contributed by atoms with E-state index in [1.165, 1.54) is 7.11 Å². The lowest BCUT2D eigenvalue weighted by Gasteiger charge is -2.15. The van der Waals surface area contributed by atoms with Gasteiger partial charge in [-0.1, -0.05) is 0 Å². The van der Waals surface area contributed by atoms with E-state index in [1.54, 1.807) is 0 Å². The third kappa shape index (κ3) is 1.49. The molecule has 5 nitrogen and oxygen atoms in total. The van der Waals surface area contributed by atoms with Gasteiger partial charge in [-0.05, 0) is 0 Å². The van der Waals surface area contributed by atoms with Crippen LogP contribution in [0, 0.1) is 0 Å². The summed E-state index contributed by atoms with van der Waals surface area (Å²) in [4.78, 5) is 10.3. The summed E-state index contributed by atoms with van der Waals surface area (Å²) in [5.74, 6) is 0. The lowest BCUT2D eigenvalue weighted by atomic mass is 10.1. The van der Waals surface area contributed by atoms with Gasteiger partial charge in [0.2, 0.25) is 0 Å². The van der Waals surface area contributed by atoms with E-state index in [4.69, 9.17) is 14.6 Å². The molecule has 5 heteroatoms. The summed E-state index contributed by atoms with van der Waals surface area (Å²) in [6, 6.07) is 0. The third-order valence-electron chi connectivity index (χ3n) is 1.96. The Morgan fingerprint density at radius 2 is 2.33 bits per heavy atom. The number of rotatable bonds is 3. The summed E-state index contributed by atoms with van der Waals surface area (Å²) in [5.41, 5.74) is 0. The second-order valence-electron chi connectivity index (χ2n) is 2.65. The van der Waals surface area contributed by atoms with Crippen molar-refractivity contribution in [2.45, 2.75) is 24.4 Å². The molecule has 1 aliphatic heterocycles. The number of carbonyl (C=O) groups excluding carboxylic acids is 1. The van der Waals surface area contributed by atoms with E-state index >= 15 is 0 Å². The largest absolute Gasteiger partial charge is 0.394 e. The highest BCUT2D eigenvalue weighted by Gasteiger charge is 2.43. The molecule has 0 saturated carbocycles. The van der Waals surface area contributed by atoms with Crippen molar-refractivity contribution in [2.75, 3.05) is 13.7 Å². The summed E-state index contributed by atoms with van der Waals surface area (Å²) in [5, 5.41) is 18.1. The Labute approximate surface area is 69.9 Å². The van der Waals surface area contributed by atoms with Crippen molar-refractivity contribution in [3.63, 3.8) is 0 Å². The number of aliphatic hydroxyl groups excluding tert-OH is 2. The molecule has 0 spiro atoms. The molecule has 0 aromatic carbocycles. The number of methoxy groups -OCH3 is 1. The minimum Gasteiger partial charge on any atom is -0.394 e. The predicted octanol–water partition coefficient (Wildman–Crippen LogP) is -1.68. The van der Waals surface area contributed by atoms with E-state index in [0.717, 1.165) is 0 Å². The molecule has 1 aliphatic rings. The van der Waals surface area contributed by atoms with Crippen LogP contribution in [0.25, 0.3) is 0 Å². The maximum atomic E-state index is 10.3. The van der Waals surface area contributed by atoms with Crippen LogP contribution in [0.2, 0.25) is 0 Å². The smallest absolute Gasteiger partial charge is 0.151 e. The van der Waals surface area contributed by atoms with Crippen LogP contribution < -0.4 is 0 Å². The molecule has 0 bridgehead atoms. The van der Waals surface area contributed by atoms with Crippen LogP contribution in [-0.2, 0) is 14.3 Å². The molecule has 1 heterocycles. The first-order valence-electron chi connectivity index (χ1n) is 3.67. The van der Waals surface area contributed by atoms with Gasteiger partial charge in [0.25, 0.3) is 0 Å². The highest BCUT2D eigenvalue weighted by atomic mass is 16.6. The van der Waals surface area contributed by atoms with Gasteiger partial charge in [0, 0.05) is 7.11 Å². The van der Waals surface area contributed by atoms with Gasteiger partial charge < -0.3 is 24.5 Å². The van der Waals surface area contributed by atoms with Crippen LogP contribution in [0.4, 0.5) is 0 Å². The Kier molecular flexibility index (Phi) is 3.16. The summed E-state index contributed by atoms with van der Waals surface area (Å²) in [6.07, 6.45) is -2.59. The number of hydrogen-bond acceptors (Lipinski definition) is 5. The number of aliphatic hydroxyl groups is 2. The lowest BCUT2D eigenvalue weighted by molar-refractivity contribution is -0.121. The Morgan fingerprint density at radius 3 is 2.67 bits per heavy atom. The van der Waals surface area contributed by atoms with Crippen LogP contribution in [0.3, 0.4) is 0 Å². The van der Waals surface area contributed by atoms with Gasteiger partial charge in [0.1, 0.15) is 24.4 Å². The summed E-state index contributed by atoms with van der Waals surface area (Å²) >= 11 is 0. The second kappa shape index (κ2) is 3.95. The minimum absolute atomic E-state index is 0.264. The maximum absolute atomic E-state index is 10.3. The first-order chi connectivity index (χ1) is 5.74. The van der Waals surface area contributed by atoms with Crippen LogP contribution in [0.1, 0.15) is 0 Å². The fraction of sp³-hybridized carbons (Fsp3) is 0.857. The fourth-order valence-electron chi connectivity index (χ4n) is 1.32. The van der Waals surface area contributed by atoms with Crippen LogP contribution in [-0.4, -0.2) is 54.6 Å². The highest BCUT2D eigenvalue weighted by Crippen LogP contribution is 2.21. The minimum atomic E-state index is -0.982. The number of aldehydes is 1. The first kappa shape index (κ1) is 9.60. The van der Waals surface area contributed by atoms with Crippen molar-refractivity contribution in [1.29, 1.82) is 0 Å². The first-order valence-corrected chi connectivity index (χ1v) is 3.67. The molecule has 70 valence electrons. The molecular weight excluding hydrogens is 164 g/mol. The molecule has 4 unspecified atom stereocenters. The molecule has 1 rings (SSSR count). The van der Waals surface area contributed by atoms with Gasteiger partial charge in [-0.25, -0.2) is 0 Å². The Hall–Kier alpha value is -0.490. The predicted molar refractivity (Wildman–Crippen MR) is 38.6 cm³/mol. The van der Waals surface area contributed by atoms with Crippen molar-refractivity contribution in [3.05, 3.63) is 0 Å². The Bertz CT molecular complexity index is 160. The zero-order chi connectivity index (χ0) is 9.14. The van der Waals surface area contributed by atoms with Gasteiger partial charge in [0.15, 0.2) is 6.29 Å². The quantitative estimate of drug-likeness (QED) is 0.502. The molecule has 0 amide bonds. The van der Waals surface area contributed by atoms with Crippen LogP contribution in [0.15, 0.2) is 0 Å². The molecule has 12 heavy (non-hydrogen) atoms. The van der Waals surface area contributed by atoms with Gasteiger partial charge in [0.05, 0.1) is 6.61 Å². The van der Waals surface area contributed by atoms with Crippen molar-refractivity contribution >= 4 is 6.29 Å². The normalized spacial score (nSPS) is 41.6. The van der Waals surface area contributed by atoms with E-state index in [-0.39, 0.29) is 6.61 Å². The molecule has 0 aromatic rings. The third-order valence-corrected chi connectivity index (χ3v) is 1.96. The molecule has 2 N–H and O–H groups in total. The van der Waals surface area contributed by atoms with E-state index in [1.807, 2.05) is 0 Å². The van der Waals surface area contributed by atoms with Gasteiger partial charge in [-0.3, -0.25) is 0 Å². The fourth-order valence-corrected chi connectivity index (χ4v) is 1.32. The molecule has 0 radical (unpaired) electrons. The number of carbonyl (C=O) groups is 1. The van der Waals surface area contributed by atoms with Crippen molar-refractivity contribution in [2.24, 2.45) is 0 Å². The topological polar surface area (TPSA) is 76.0 Å². The zero-order valence-electron chi connectivity index (χ0n) is 6.71. The summed E-state index contributed by atoms with van der Waals surface area (Å²) in [7, 11) is 1.40. The van der Waals surface area contributed by atoms with Gasteiger partial charge >= 0.3 is 0 Å². The molecule has 4 atom stereocenters. The Balaban J connectivity index is 2.64. The summed E-state index contributed by atoms with van der Waals surface area (Å²) < 4.78 is 9.85. The van der Waals surface area contributed by atoms with Gasteiger partial charge in [-0.2, -0.15) is 0 Å². The lowest BCUT2D eigenvalue weighted by Crippen LogP contribution is -2.36. The Morgan fingerprint density at radius 1 is 1.67 bits per heavy atom. The molecule has 1 saturated heterocycles.